The van der Waals surface area contributed by atoms with Crippen LogP contribution in [-0.4, -0.2) is 52.3 Å². The highest BCUT2D eigenvalue weighted by Crippen LogP contribution is 2.29. The first-order valence-electron chi connectivity index (χ1n) is 8.43. The Bertz CT molecular complexity index is 887. The number of nitrogens with zero attached hydrogens (tertiary/aromatic N) is 4. The van der Waals surface area contributed by atoms with Crippen LogP contribution in [0.15, 0.2) is 54.6 Å². The average molecular weight is 366 g/mol. The van der Waals surface area contributed by atoms with Gasteiger partial charge in [0.25, 0.3) is 5.91 Å². The summed E-state index contributed by atoms with van der Waals surface area (Å²) in [6, 6.07) is 16.4. The van der Waals surface area contributed by atoms with Crippen molar-refractivity contribution in [2.45, 2.75) is 0 Å². The van der Waals surface area contributed by atoms with E-state index in [0.717, 1.165) is 28.8 Å². The van der Waals surface area contributed by atoms with Gasteiger partial charge in [0, 0.05) is 37.3 Å². The van der Waals surface area contributed by atoms with Crippen molar-refractivity contribution in [3.05, 3.63) is 60.2 Å². The molecule has 0 spiro atoms. The molecule has 0 unspecified atom stereocenters. The number of carbonyl (C=O) groups is 1. The lowest BCUT2D eigenvalue weighted by atomic mass is 10.2. The summed E-state index contributed by atoms with van der Waals surface area (Å²) in [5, 5.41) is 19.8. The molecule has 1 saturated heterocycles. The minimum absolute atomic E-state index is 0.00751. The highest BCUT2D eigenvalue weighted by molar-refractivity contribution is 7.18. The summed E-state index contributed by atoms with van der Waals surface area (Å²) >= 11 is 1.57. The fourth-order valence-electron chi connectivity index (χ4n) is 2.93. The molecule has 6 nitrogen and oxygen atoms in total. The minimum atomic E-state index is -0.00751. The normalized spacial score (nSPS) is 14.5. The lowest BCUT2D eigenvalue weighted by Crippen LogP contribution is -2.48. The van der Waals surface area contributed by atoms with E-state index in [4.69, 9.17) is 0 Å². The fourth-order valence-corrected chi connectivity index (χ4v) is 3.83. The molecular weight excluding hydrogens is 348 g/mol. The van der Waals surface area contributed by atoms with Gasteiger partial charge in [0.05, 0.1) is 0 Å². The zero-order chi connectivity index (χ0) is 17.9. The zero-order valence-corrected chi connectivity index (χ0v) is 14.9. The average Bonchev–Trinajstić information content (AvgIpc) is 3.19. The molecule has 7 heteroatoms. The van der Waals surface area contributed by atoms with Gasteiger partial charge < -0.3 is 14.9 Å². The van der Waals surface area contributed by atoms with Gasteiger partial charge in [0.15, 0.2) is 0 Å². The number of benzene rings is 2. The van der Waals surface area contributed by atoms with Crippen LogP contribution < -0.4 is 4.90 Å². The predicted octanol–water partition coefficient (Wildman–Crippen LogP) is 2.87. The second-order valence-electron chi connectivity index (χ2n) is 6.08. The van der Waals surface area contributed by atoms with E-state index >= 15 is 0 Å². The van der Waals surface area contributed by atoms with Gasteiger partial charge in [0.1, 0.15) is 10.8 Å². The Hall–Kier alpha value is -2.93. The van der Waals surface area contributed by atoms with Gasteiger partial charge in [-0.15, -0.1) is 10.2 Å². The number of rotatable bonds is 3. The van der Waals surface area contributed by atoms with E-state index in [1.807, 2.05) is 35.2 Å². The van der Waals surface area contributed by atoms with Crippen molar-refractivity contribution in [1.29, 1.82) is 0 Å². The number of hydrogen-bond donors (Lipinski definition) is 1. The van der Waals surface area contributed by atoms with E-state index in [2.05, 4.69) is 15.1 Å². The fraction of sp³-hybridized carbons (Fsp3) is 0.211. The first-order chi connectivity index (χ1) is 12.7. The second-order valence-corrected chi connectivity index (χ2v) is 7.04. The topological polar surface area (TPSA) is 69.6 Å². The Balaban J connectivity index is 1.40. The molecule has 1 aliphatic rings. The van der Waals surface area contributed by atoms with E-state index in [1.54, 1.807) is 23.5 Å². The molecule has 1 fully saturated rings. The van der Waals surface area contributed by atoms with Crippen molar-refractivity contribution in [3.8, 4) is 16.3 Å². The number of anilines is 1. The molecule has 0 radical (unpaired) electrons. The third kappa shape index (κ3) is 3.39. The molecule has 0 atom stereocenters. The molecule has 4 rings (SSSR count). The van der Waals surface area contributed by atoms with Crippen molar-refractivity contribution in [1.82, 2.24) is 15.1 Å². The van der Waals surface area contributed by atoms with Crippen LogP contribution in [0, 0.1) is 0 Å². The van der Waals surface area contributed by atoms with Gasteiger partial charge in [-0.05, 0) is 24.3 Å². The number of hydrogen-bond acceptors (Lipinski definition) is 6. The lowest BCUT2D eigenvalue weighted by molar-refractivity contribution is 0.0746. The molecule has 2 aromatic carbocycles. The molecule has 1 amide bonds. The van der Waals surface area contributed by atoms with Crippen molar-refractivity contribution in [3.63, 3.8) is 0 Å². The van der Waals surface area contributed by atoms with Gasteiger partial charge in [-0.25, -0.2) is 0 Å². The van der Waals surface area contributed by atoms with Gasteiger partial charge >= 0.3 is 0 Å². The summed E-state index contributed by atoms with van der Waals surface area (Å²) in [6.45, 7) is 2.74. The lowest BCUT2D eigenvalue weighted by Gasteiger charge is -2.34. The van der Waals surface area contributed by atoms with Crippen LogP contribution in [0.1, 0.15) is 10.4 Å². The van der Waals surface area contributed by atoms with Crippen LogP contribution in [0.5, 0.6) is 5.75 Å². The maximum absolute atomic E-state index is 12.5. The quantitative estimate of drug-likeness (QED) is 0.772. The molecule has 2 heterocycles. The third-order valence-electron chi connectivity index (χ3n) is 4.39. The summed E-state index contributed by atoms with van der Waals surface area (Å²) in [4.78, 5) is 16.6. The molecule has 3 aromatic rings. The Morgan fingerprint density at radius 2 is 1.62 bits per heavy atom. The number of carbonyl (C=O) groups excluding carboxylic acids is 1. The van der Waals surface area contributed by atoms with Crippen molar-refractivity contribution >= 4 is 22.4 Å². The van der Waals surface area contributed by atoms with Crippen LogP contribution in [0.2, 0.25) is 0 Å². The van der Waals surface area contributed by atoms with Crippen molar-refractivity contribution in [2.24, 2.45) is 0 Å². The Labute approximate surface area is 155 Å². The number of phenolic OH excluding ortho intramolecular Hbond substituents is 1. The van der Waals surface area contributed by atoms with Crippen LogP contribution >= 0.6 is 11.3 Å². The Kier molecular flexibility index (Phi) is 4.53. The predicted molar refractivity (Wildman–Crippen MR) is 102 cm³/mol. The summed E-state index contributed by atoms with van der Waals surface area (Å²) in [5.41, 5.74) is 1.66. The van der Waals surface area contributed by atoms with E-state index < -0.39 is 0 Å². The third-order valence-corrected chi connectivity index (χ3v) is 5.42. The first-order valence-corrected chi connectivity index (χ1v) is 9.24. The smallest absolute Gasteiger partial charge is 0.253 e. The highest BCUT2D eigenvalue weighted by Gasteiger charge is 2.24. The summed E-state index contributed by atoms with van der Waals surface area (Å²) in [7, 11) is 0. The standard InChI is InChI=1S/C19H18N4O2S/c24-16-8-6-15(7-9-16)18(25)22-10-12-23(13-11-22)19-21-20-17(26-19)14-4-2-1-3-5-14/h1-9,24H,10-13H2. The Morgan fingerprint density at radius 1 is 0.923 bits per heavy atom. The summed E-state index contributed by atoms with van der Waals surface area (Å²) in [5.74, 6) is 0.156. The Morgan fingerprint density at radius 3 is 2.31 bits per heavy atom. The molecule has 1 N–H and O–H groups in total. The number of aromatic hydroxyl groups is 1. The van der Waals surface area contributed by atoms with Crippen LogP contribution in [0.25, 0.3) is 10.6 Å². The summed E-state index contributed by atoms with van der Waals surface area (Å²) in [6.07, 6.45) is 0. The molecule has 132 valence electrons. The van der Waals surface area contributed by atoms with Gasteiger partial charge in [-0.3, -0.25) is 4.79 Å². The molecule has 0 bridgehead atoms. The van der Waals surface area contributed by atoms with Gasteiger partial charge in [-0.2, -0.15) is 0 Å². The van der Waals surface area contributed by atoms with E-state index in [9.17, 15) is 9.90 Å². The molecule has 0 aliphatic carbocycles. The number of amides is 1. The maximum Gasteiger partial charge on any atom is 0.253 e. The molecule has 26 heavy (non-hydrogen) atoms. The number of phenols is 1. The molecule has 1 aliphatic heterocycles. The van der Waals surface area contributed by atoms with Crippen LogP contribution in [0.4, 0.5) is 5.13 Å². The van der Waals surface area contributed by atoms with E-state index in [0.29, 0.717) is 18.7 Å². The highest BCUT2D eigenvalue weighted by atomic mass is 32.1. The monoisotopic (exact) mass is 366 g/mol. The van der Waals surface area contributed by atoms with Crippen molar-refractivity contribution < 1.29 is 9.90 Å². The van der Waals surface area contributed by atoms with E-state index in [1.165, 1.54) is 12.1 Å². The maximum atomic E-state index is 12.5. The molecular formula is C19H18N4O2S. The largest absolute Gasteiger partial charge is 0.508 e. The molecule has 1 aromatic heterocycles. The first kappa shape index (κ1) is 16.5. The number of aromatic nitrogens is 2. The van der Waals surface area contributed by atoms with Crippen molar-refractivity contribution in [2.75, 3.05) is 31.1 Å². The zero-order valence-electron chi connectivity index (χ0n) is 14.1. The van der Waals surface area contributed by atoms with E-state index in [-0.39, 0.29) is 11.7 Å². The molecule has 0 saturated carbocycles. The minimum Gasteiger partial charge on any atom is -0.508 e. The summed E-state index contributed by atoms with van der Waals surface area (Å²) < 4.78 is 0. The van der Waals surface area contributed by atoms with Gasteiger partial charge in [0.2, 0.25) is 5.13 Å². The number of piperazine rings is 1. The second kappa shape index (κ2) is 7.13. The SMILES string of the molecule is O=C(c1ccc(O)cc1)N1CCN(c2nnc(-c3ccccc3)s2)CC1. The van der Waals surface area contributed by atoms with Crippen LogP contribution in [-0.2, 0) is 0 Å². The van der Waals surface area contributed by atoms with Crippen LogP contribution in [0.3, 0.4) is 0 Å². The van der Waals surface area contributed by atoms with Gasteiger partial charge in [-0.1, -0.05) is 41.7 Å².